The number of ether oxygens (including phenoxy) is 1. The van der Waals surface area contributed by atoms with Crippen LogP contribution in [0.3, 0.4) is 0 Å². The molecule has 9 aromatic rings. The Bertz CT molecular complexity index is 3570. The first-order chi connectivity index (χ1) is 36.5. The molecule has 76 heavy (non-hydrogen) atoms. The van der Waals surface area contributed by atoms with E-state index in [-0.39, 0.29) is 46.1 Å². The Morgan fingerprint density at radius 3 is 1.34 bits per heavy atom. The number of halogens is 4. The predicted molar refractivity (Wildman–Crippen MR) is 289 cm³/mol. The number of anilines is 2. The normalized spacial score (nSPS) is 14.2. The summed E-state index contributed by atoms with van der Waals surface area (Å²) < 4.78 is 46.3. The van der Waals surface area contributed by atoms with Gasteiger partial charge in [-0.25, -0.2) is 47.9 Å². The van der Waals surface area contributed by atoms with Crippen LogP contribution in [0.4, 0.5) is 29.6 Å². The summed E-state index contributed by atoms with van der Waals surface area (Å²) in [5.41, 5.74) is 8.79. The third-order valence-electron chi connectivity index (χ3n) is 12.7. The number of para-hydroxylation sites is 3. The van der Waals surface area contributed by atoms with E-state index < -0.39 is 17.5 Å². The van der Waals surface area contributed by atoms with Gasteiger partial charge in [0.05, 0.1) is 33.2 Å². The molecule has 2 aliphatic rings. The second-order valence-electron chi connectivity index (χ2n) is 19.3. The van der Waals surface area contributed by atoms with Gasteiger partial charge in [0, 0.05) is 54.4 Å². The molecule has 390 valence electrons. The highest BCUT2D eigenvalue weighted by atomic mass is 35.5. The minimum Gasteiger partial charge on any atom is -0.507 e. The van der Waals surface area contributed by atoms with Gasteiger partial charge in [-0.3, -0.25) is 0 Å². The average Bonchev–Trinajstić information content (AvgIpc) is 3.43. The second-order valence-corrected chi connectivity index (χ2v) is 19.7. The Morgan fingerprint density at radius 2 is 0.934 bits per heavy atom. The molecule has 0 unspecified atom stereocenters. The number of hydrogen-bond donors (Lipinski definition) is 5. The van der Waals surface area contributed by atoms with E-state index in [2.05, 4.69) is 40.0 Å². The van der Waals surface area contributed by atoms with Crippen LogP contribution in [0.5, 0.6) is 17.2 Å². The van der Waals surface area contributed by atoms with Gasteiger partial charge in [-0.05, 0) is 137 Å². The number of alkyl carbamates (subject to hydrolysis) is 1. The van der Waals surface area contributed by atoms with Crippen LogP contribution in [-0.4, -0.2) is 95.2 Å². The van der Waals surface area contributed by atoms with Gasteiger partial charge >= 0.3 is 6.09 Å². The first kappa shape index (κ1) is 52.5. The summed E-state index contributed by atoms with van der Waals surface area (Å²) in [6.07, 6.45) is 2.71. The Hall–Kier alpha value is -8.35. The van der Waals surface area contributed by atoms with Crippen molar-refractivity contribution in [3.63, 3.8) is 0 Å². The largest absolute Gasteiger partial charge is 0.507 e. The van der Waals surface area contributed by atoms with Gasteiger partial charge in [-0.15, -0.1) is 0 Å². The van der Waals surface area contributed by atoms with Crippen molar-refractivity contribution < 1.29 is 38.0 Å². The minimum atomic E-state index is -0.547. The molecule has 11 rings (SSSR count). The molecule has 6 aromatic carbocycles. The average molecular weight is 1050 g/mol. The van der Waals surface area contributed by atoms with Crippen LogP contribution in [0.2, 0.25) is 5.15 Å². The van der Waals surface area contributed by atoms with E-state index >= 15 is 0 Å². The van der Waals surface area contributed by atoms with Crippen molar-refractivity contribution in [3.8, 4) is 51.4 Å². The molecule has 0 radical (unpaired) electrons. The standard InChI is InChI=1S/C24H27FN4O3.C19H19FN4O.C14H8ClFN2O/c1-24(2,3)32-23(31)26-16-10-12-29(13-11-16)22-18-14-15(25)8-9-19(18)27-21(28-22)17-6-4-5-7-20(17)30;20-12-5-6-16-15(11-12)19(24-9-7-13(21)8-10-24)23-18(22-16)14-3-1-2-4-17(14)25;15-13-10-7-8(16)5-6-11(10)17-14(18-13)9-3-1-2-4-12(9)19/h4-9,14,16,30H,10-13H2,1-3H3,(H,26,31);1-6,11,13,25H,7-10,21H2;1-7,19H. The van der Waals surface area contributed by atoms with Gasteiger partial charge in [0.15, 0.2) is 17.5 Å². The minimum absolute atomic E-state index is 0.0106. The SMILES string of the molecule is CC(C)(C)OC(=O)NC1CCN(c2nc(-c3ccccc3O)nc3ccc(F)cc23)CC1.NC1CCN(c2nc(-c3ccccc3O)nc3ccc(F)cc23)CC1.Oc1ccccc1-c1nc(Cl)c2cc(F)ccc2n1. The maximum Gasteiger partial charge on any atom is 0.407 e. The highest BCUT2D eigenvalue weighted by Crippen LogP contribution is 2.36. The maximum absolute atomic E-state index is 14.0. The van der Waals surface area contributed by atoms with Gasteiger partial charge in [-0.2, -0.15) is 0 Å². The predicted octanol–water partition coefficient (Wildman–Crippen LogP) is 11.5. The molecular weight excluding hydrogens is 997 g/mol. The van der Waals surface area contributed by atoms with Crippen molar-refractivity contribution in [2.75, 3.05) is 36.0 Å². The molecule has 0 spiro atoms. The third kappa shape index (κ3) is 12.4. The Balaban J connectivity index is 0.000000144. The zero-order valence-corrected chi connectivity index (χ0v) is 42.5. The van der Waals surface area contributed by atoms with Crippen LogP contribution >= 0.6 is 11.6 Å². The second kappa shape index (κ2) is 22.6. The lowest BCUT2D eigenvalue weighted by Gasteiger charge is -2.34. The number of carbonyl (C=O) groups is 1. The van der Waals surface area contributed by atoms with Crippen LogP contribution in [0, 0.1) is 17.5 Å². The van der Waals surface area contributed by atoms with E-state index in [1.165, 1.54) is 42.5 Å². The molecular formula is C57H54ClF3N10O5. The molecule has 5 heterocycles. The topological polar surface area (TPSA) is 209 Å². The van der Waals surface area contributed by atoms with Crippen LogP contribution in [-0.2, 0) is 4.74 Å². The first-order valence-corrected chi connectivity index (χ1v) is 25.0. The van der Waals surface area contributed by atoms with E-state index in [9.17, 15) is 33.3 Å². The molecule has 0 saturated carbocycles. The number of piperidine rings is 2. The van der Waals surface area contributed by atoms with E-state index in [0.717, 1.165) is 25.9 Å². The maximum atomic E-state index is 14.0. The molecule has 2 fully saturated rings. The zero-order chi connectivity index (χ0) is 53.7. The van der Waals surface area contributed by atoms with Gasteiger partial charge in [0.2, 0.25) is 0 Å². The van der Waals surface area contributed by atoms with E-state index in [4.69, 9.17) is 27.1 Å². The number of aromatic nitrogens is 6. The van der Waals surface area contributed by atoms with Crippen molar-refractivity contribution in [1.82, 2.24) is 35.2 Å². The van der Waals surface area contributed by atoms with E-state index in [1.807, 2.05) is 26.8 Å². The van der Waals surface area contributed by atoms with Crippen LogP contribution < -0.4 is 20.9 Å². The summed E-state index contributed by atoms with van der Waals surface area (Å²) in [5, 5.41) is 35.0. The molecule has 19 heteroatoms. The van der Waals surface area contributed by atoms with Crippen LogP contribution in [0.1, 0.15) is 46.5 Å². The number of benzene rings is 6. The molecule has 0 aliphatic carbocycles. The number of carbonyl (C=O) groups excluding carboxylic acids is 1. The van der Waals surface area contributed by atoms with Crippen molar-refractivity contribution in [2.45, 2.75) is 64.1 Å². The summed E-state index contributed by atoms with van der Waals surface area (Å²) in [7, 11) is 0. The summed E-state index contributed by atoms with van der Waals surface area (Å²) in [5.74, 6) is 1.62. The third-order valence-corrected chi connectivity index (χ3v) is 13.0. The molecule has 6 N–H and O–H groups in total. The lowest BCUT2D eigenvalue weighted by Crippen LogP contribution is -2.46. The summed E-state index contributed by atoms with van der Waals surface area (Å²) in [6, 6.07) is 33.8. The molecule has 0 atom stereocenters. The smallest absolute Gasteiger partial charge is 0.407 e. The monoisotopic (exact) mass is 1050 g/mol. The van der Waals surface area contributed by atoms with Gasteiger partial charge < -0.3 is 40.9 Å². The fourth-order valence-electron chi connectivity index (χ4n) is 8.89. The van der Waals surface area contributed by atoms with Gasteiger partial charge in [0.25, 0.3) is 0 Å². The first-order valence-electron chi connectivity index (χ1n) is 24.6. The highest BCUT2D eigenvalue weighted by Gasteiger charge is 2.27. The number of nitrogens with one attached hydrogen (secondary N) is 1. The van der Waals surface area contributed by atoms with Crippen molar-refractivity contribution in [3.05, 3.63) is 150 Å². The summed E-state index contributed by atoms with van der Waals surface area (Å²) in [6.45, 7) is 8.28. The number of fused-ring (bicyclic) bond motifs is 3. The number of nitrogens with two attached hydrogens (primary N) is 1. The quantitative estimate of drug-likeness (QED) is 0.0982. The molecule has 0 bridgehead atoms. The molecule has 2 aliphatic heterocycles. The number of phenolic OH excluding ortho intramolecular Hbond substituents is 3. The molecule has 15 nitrogen and oxygen atoms in total. The fourth-order valence-corrected chi connectivity index (χ4v) is 9.12. The molecule has 3 aromatic heterocycles. The van der Waals surface area contributed by atoms with Crippen molar-refractivity contribution in [1.29, 1.82) is 0 Å². The lowest BCUT2D eigenvalue weighted by molar-refractivity contribution is 0.0497. The summed E-state index contributed by atoms with van der Waals surface area (Å²) >= 11 is 6.04. The van der Waals surface area contributed by atoms with Crippen molar-refractivity contribution in [2.24, 2.45) is 5.73 Å². The number of hydrogen-bond acceptors (Lipinski definition) is 14. The number of phenols is 3. The van der Waals surface area contributed by atoms with Gasteiger partial charge in [-0.1, -0.05) is 48.0 Å². The molecule has 1 amide bonds. The highest BCUT2D eigenvalue weighted by molar-refractivity contribution is 6.34. The number of aromatic hydroxyl groups is 3. The molecule has 2 saturated heterocycles. The number of nitrogens with zero attached hydrogens (tertiary/aromatic N) is 8. The Morgan fingerprint density at radius 1 is 0.566 bits per heavy atom. The Kier molecular flexibility index (Phi) is 15.6. The van der Waals surface area contributed by atoms with Crippen LogP contribution in [0.15, 0.2) is 127 Å². The van der Waals surface area contributed by atoms with Crippen molar-refractivity contribution >= 4 is 62.0 Å². The number of amides is 1. The fraction of sp³-hybridized carbons (Fsp3) is 0.246. The van der Waals surface area contributed by atoms with Crippen LogP contribution in [0.25, 0.3) is 66.9 Å². The van der Waals surface area contributed by atoms with E-state index in [0.29, 0.717) is 104 Å². The Labute approximate surface area is 440 Å². The zero-order valence-electron chi connectivity index (χ0n) is 41.8. The lowest BCUT2D eigenvalue weighted by atomic mass is 10.0. The van der Waals surface area contributed by atoms with Gasteiger partial charge in [0.1, 0.15) is 57.1 Å². The summed E-state index contributed by atoms with van der Waals surface area (Å²) in [4.78, 5) is 43.1. The number of rotatable bonds is 6. The van der Waals surface area contributed by atoms with E-state index in [1.54, 1.807) is 78.9 Å².